The molecule has 0 radical (unpaired) electrons. The number of hydrogen-bond acceptors (Lipinski definition) is 3. The van der Waals surface area contributed by atoms with Crippen molar-refractivity contribution in [1.82, 2.24) is 0 Å². The summed E-state index contributed by atoms with van der Waals surface area (Å²) >= 11 is 0. The van der Waals surface area contributed by atoms with Gasteiger partial charge in [0.2, 0.25) is 0 Å². The van der Waals surface area contributed by atoms with Crippen LogP contribution < -0.4 is 10.2 Å². The highest BCUT2D eigenvalue weighted by Crippen LogP contribution is 2.18. The van der Waals surface area contributed by atoms with Gasteiger partial charge in [-0.15, -0.1) is 0 Å². The van der Waals surface area contributed by atoms with Gasteiger partial charge < -0.3 is 15.0 Å². The van der Waals surface area contributed by atoms with Crippen molar-refractivity contribution in [3.05, 3.63) is 66.2 Å². The fourth-order valence-corrected chi connectivity index (χ4v) is 2.55. The third kappa shape index (κ3) is 4.12. The van der Waals surface area contributed by atoms with Gasteiger partial charge in [-0.25, -0.2) is 0 Å². The number of rotatable bonds is 5. The first kappa shape index (κ1) is 14.7. The molecule has 0 unspecified atom stereocenters. The number of benzene rings is 2. The SMILES string of the molecule is C(=C/c1ccccc1)/CNc1ccc(N2CCOCC2)cc1. The minimum atomic E-state index is 0.824. The maximum atomic E-state index is 5.39. The van der Waals surface area contributed by atoms with Gasteiger partial charge in [0.25, 0.3) is 0 Å². The normalized spacial score (nSPS) is 15.2. The monoisotopic (exact) mass is 294 g/mol. The average molecular weight is 294 g/mol. The van der Waals surface area contributed by atoms with Crippen molar-refractivity contribution in [1.29, 1.82) is 0 Å². The molecule has 1 aliphatic rings. The fraction of sp³-hybridized carbons (Fsp3) is 0.263. The van der Waals surface area contributed by atoms with Gasteiger partial charge >= 0.3 is 0 Å². The number of nitrogens with zero attached hydrogens (tertiary/aromatic N) is 1. The lowest BCUT2D eigenvalue weighted by Crippen LogP contribution is -2.36. The van der Waals surface area contributed by atoms with Crippen molar-refractivity contribution < 1.29 is 4.74 Å². The summed E-state index contributed by atoms with van der Waals surface area (Å²) in [5, 5.41) is 3.42. The number of nitrogens with one attached hydrogen (secondary N) is 1. The van der Waals surface area contributed by atoms with Gasteiger partial charge in [-0.1, -0.05) is 42.5 Å². The molecule has 3 nitrogen and oxygen atoms in total. The van der Waals surface area contributed by atoms with Crippen LogP contribution in [0.15, 0.2) is 60.7 Å². The lowest BCUT2D eigenvalue weighted by atomic mass is 10.2. The van der Waals surface area contributed by atoms with Crippen LogP contribution >= 0.6 is 0 Å². The van der Waals surface area contributed by atoms with Crippen LogP contribution in [0.3, 0.4) is 0 Å². The summed E-state index contributed by atoms with van der Waals surface area (Å²) in [6.07, 6.45) is 4.28. The van der Waals surface area contributed by atoms with Gasteiger partial charge in [0.15, 0.2) is 0 Å². The Morgan fingerprint density at radius 3 is 2.41 bits per heavy atom. The highest BCUT2D eigenvalue weighted by molar-refractivity contribution is 5.56. The van der Waals surface area contributed by atoms with E-state index in [-0.39, 0.29) is 0 Å². The van der Waals surface area contributed by atoms with E-state index in [0.717, 1.165) is 38.5 Å². The zero-order valence-corrected chi connectivity index (χ0v) is 12.7. The minimum Gasteiger partial charge on any atom is -0.382 e. The van der Waals surface area contributed by atoms with E-state index in [2.05, 4.69) is 70.9 Å². The van der Waals surface area contributed by atoms with Crippen molar-refractivity contribution in [3.8, 4) is 0 Å². The van der Waals surface area contributed by atoms with Crippen LogP contribution in [0.5, 0.6) is 0 Å². The molecule has 3 rings (SSSR count). The third-order valence-corrected chi connectivity index (χ3v) is 3.78. The highest BCUT2D eigenvalue weighted by Gasteiger charge is 2.10. The predicted octanol–water partition coefficient (Wildman–Crippen LogP) is 3.65. The molecule has 1 heterocycles. The maximum absolute atomic E-state index is 5.39. The number of morpholine rings is 1. The Morgan fingerprint density at radius 2 is 1.68 bits per heavy atom. The molecular weight excluding hydrogens is 272 g/mol. The van der Waals surface area contributed by atoms with Crippen LogP contribution in [0.4, 0.5) is 11.4 Å². The average Bonchev–Trinajstić information content (AvgIpc) is 2.61. The van der Waals surface area contributed by atoms with Crippen molar-refractivity contribution in [2.24, 2.45) is 0 Å². The molecule has 0 atom stereocenters. The molecule has 0 bridgehead atoms. The molecule has 0 aromatic heterocycles. The Hall–Kier alpha value is -2.26. The van der Waals surface area contributed by atoms with Crippen LogP contribution in [0.1, 0.15) is 5.56 Å². The second-order valence-electron chi connectivity index (χ2n) is 5.34. The van der Waals surface area contributed by atoms with E-state index in [1.807, 2.05) is 6.07 Å². The molecule has 2 aromatic carbocycles. The second kappa shape index (κ2) is 7.66. The number of hydrogen-bond donors (Lipinski definition) is 1. The van der Waals surface area contributed by atoms with Gasteiger partial charge in [0.1, 0.15) is 0 Å². The number of ether oxygens (including phenoxy) is 1. The number of anilines is 2. The van der Waals surface area contributed by atoms with Crippen molar-refractivity contribution >= 4 is 17.5 Å². The molecule has 1 fully saturated rings. The van der Waals surface area contributed by atoms with Crippen LogP contribution in [0.2, 0.25) is 0 Å². The van der Waals surface area contributed by atoms with Crippen LogP contribution in [0.25, 0.3) is 6.08 Å². The van der Waals surface area contributed by atoms with Crippen LogP contribution in [-0.4, -0.2) is 32.8 Å². The molecule has 0 amide bonds. The topological polar surface area (TPSA) is 24.5 Å². The molecule has 22 heavy (non-hydrogen) atoms. The van der Waals surface area contributed by atoms with Crippen molar-refractivity contribution in [2.75, 3.05) is 43.1 Å². The summed E-state index contributed by atoms with van der Waals surface area (Å²) in [6, 6.07) is 19.0. The molecule has 2 aromatic rings. The lowest BCUT2D eigenvalue weighted by Gasteiger charge is -2.28. The minimum absolute atomic E-state index is 0.824. The second-order valence-corrected chi connectivity index (χ2v) is 5.34. The Bertz CT molecular complexity index is 587. The van der Waals surface area contributed by atoms with Crippen molar-refractivity contribution in [2.45, 2.75) is 0 Å². The zero-order valence-electron chi connectivity index (χ0n) is 12.7. The van der Waals surface area contributed by atoms with Crippen LogP contribution in [-0.2, 0) is 4.74 Å². The Morgan fingerprint density at radius 1 is 0.955 bits per heavy atom. The standard InChI is InChI=1S/C19H22N2O/c1-2-5-17(6-3-1)7-4-12-20-18-8-10-19(11-9-18)21-13-15-22-16-14-21/h1-11,20H,12-16H2/b7-4-. The molecule has 0 aliphatic carbocycles. The largest absolute Gasteiger partial charge is 0.382 e. The summed E-state index contributed by atoms with van der Waals surface area (Å²) in [5.74, 6) is 0. The van der Waals surface area contributed by atoms with Gasteiger partial charge in [-0.05, 0) is 29.8 Å². The quantitative estimate of drug-likeness (QED) is 0.911. The first-order valence-corrected chi connectivity index (χ1v) is 7.80. The predicted molar refractivity (Wildman–Crippen MR) is 93.4 cm³/mol. The van der Waals surface area contributed by atoms with Crippen molar-refractivity contribution in [3.63, 3.8) is 0 Å². The Kier molecular flexibility index (Phi) is 5.11. The van der Waals surface area contributed by atoms with E-state index in [9.17, 15) is 0 Å². The molecule has 0 saturated carbocycles. The van der Waals surface area contributed by atoms with E-state index in [4.69, 9.17) is 4.74 Å². The summed E-state index contributed by atoms with van der Waals surface area (Å²) < 4.78 is 5.39. The Balaban J connectivity index is 1.49. The van der Waals surface area contributed by atoms with Gasteiger partial charge in [-0.3, -0.25) is 0 Å². The summed E-state index contributed by atoms with van der Waals surface area (Å²) in [4.78, 5) is 2.36. The molecule has 1 aliphatic heterocycles. The molecule has 114 valence electrons. The first-order chi connectivity index (χ1) is 10.9. The zero-order chi connectivity index (χ0) is 15.0. The summed E-state index contributed by atoms with van der Waals surface area (Å²) in [6.45, 7) is 4.43. The van der Waals surface area contributed by atoms with Gasteiger partial charge in [-0.2, -0.15) is 0 Å². The van der Waals surface area contributed by atoms with E-state index in [1.165, 1.54) is 11.3 Å². The molecule has 1 saturated heterocycles. The molecular formula is C19H22N2O. The Labute approximate surface area is 132 Å². The van der Waals surface area contributed by atoms with E-state index in [1.54, 1.807) is 0 Å². The van der Waals surface area contributed by atoms with Crippen LogP contribution in [0, 0.1) is 0 Å². The molecule has 0 spiro atoms. The first-order valence-electron chi connectivity index (χ1n) is 7.80. The molecule has 1 N–H and O–H groups in total. The fourth-order valence-electron chi connectivity index (χ4n) is 2.55. The van der Waals surface area contributed by atoms with Gasteiger partial charge in [0.05, 0.1) is 13.2 Å². The summed E-state index contributed by atoms with van der Waals surface area (Å²) in [5.41, 5.74) is 3.65. The maximum Gasteiger partial charge on any atom is 0.0642 e. The highest BCUT2D eigenvalue weighted by atomic mass is 16.5. The van der Waals surface area contributed by atoms with Gasteiger partial charge in [0, 0.05) is 31.0 Å². The molecule has 3 heteroatoms. The van der Waals surface area contributed by atoms with E-state index >= 15 is 0 Å². The lowest BCUT2D eigenvalue weighted by molar-refractivity contribution is 0.122. The smallest absolute Gasteiger partial charge is 0.0642 e. The van der Waals surface area contributed by atoms with E-state index < -0.39 is 0 Å². The van der Waals surface area contributed by atoms with E-state index in [0.29, 0.717) is 0 Å². The summed E-state index contributed by atoms with van der Waals surface area (Å²) in [7, 11) is 0. The third-order valence-electron chi connectivity index (χ3n) is 3.78.